The van der Waals surface area contributed by atoms with Crippen molar-refractivity contribution in [3.63, 3.8) is 0 Å². The van der Waals surface area contributed by atoms with Crippen LogP contribution in [-0.4, -0.2) is 26.3 Å². The summed E-state index contributed by atoms with van der Waals surface area (Å²) in [7, 11) is 0. The number of H-pyrrole nitrogens is 2. The summed E-state index contributed by atoms with van der Waals surface area (Å²) in [6.45, 7) is 5.79. The minimum Gasteiger partial charge on any atom is -0.395 e. The number of nitrogens with zero attached hydrogens (tertiary/aromatic N) is 2. The zero-order chi connectivity index (χ0) is 13.3. The van der Waals surface area contributed by atoms with E-state index in [-0.39, 0.29) is 17.5 Å². The van der Waals surface area contributed by atoms with Crippen LogP contribution in [0.25, 0.3) is 0 Å². The lowest BCUT2D eigenvalue weighted by Gasteiger charge is -2.04. The van der Waals surface area contributed by atoms with Gasteiger partial charge < -0.3 is 11.1 Å². The number of rotatable bonds is 3. The van der Waals surface area contributed by atoms with Crippen molar-refractivity contribution < 1.29 is 4.79 Å². The van der Waals surface area contributed by atoms with Gasteiger partial charge >= 0.3 is 0 Å². The standard InChI is InChI=1S/C11H16N6O/c1-5(2)8-7(12)9(16-15-8)11(18)14-10-6(3)4-13-17-10/h4-5H,12H2,1-3H3,(H,15,16)(H2,13,14,17,18). The number of nitrogens with two attached hydrogens (primary N) is 1. The molecule has 1 amide bonds. The highest BCUT2D eigenvalue weighted by molar-refractivity contribution is 6.06. The summed E-state index contributed by atoms with van der Waals surface area (Å²) in [5.74, 6) is 0.379. The van der Waals surface area contributed by atoms with E-state index < -0.39 is 0 Å². The van der Waals surface area contributed by atoms with Crippen molar-refractivity contribution in [1.29, 1.82) is 0 Å². The number of nitrogen functional groups attached to an aromatic ring is 1. The third-order valence-electron chi connectivity index (χ3n) is 2.69. The number of aryl methyl sites for hydroxylation is 1. The van der Waals surface area contributed by atoms with Crippen LogP contribution in [-0.2, 0) is 0 Å². The molecule has 0 aliphatic heterocycles. The van der Waals surface area contributed by atoms with Gasteiger partial charge in [0.15, 0.2) is 5.69 Å². The summed E-state index contributed by atoms with van der Waals surface area (Å²) < 4.78 is 0. The molecular weight excluding hydrogens is 232 g/mol. The average Bonchev–Trinajstić information content (AvgIpc) is 2.86. The molecule has 0 bridgehead atoms. The molecule has 0 spiro atoms. The quantitative estimate of drug-likeness (QED) is 0.657. The number of nitrogens with one attached hydrogen (secondary N) is 3. The Kier molecular flexibility index (Phi) is 3.05. The Balaban J connectivity index is 2.22. The highest BCUT2D eigenvalue weighted by atomic mass is 16.2. The Labute approximate surface area is 104 Å². The number of anilines is 2. The summed E-state index contributed by atoms with van der Waals surface area (Å²) >= 11 is 0. The van der Waals surface area contributed by atoms with Gasteiger partial charge in [0.2, 0.25) is 0 Å². The van der Waals surface area contributed by atoms with Gasteiger partial charge in [-0.05, 0) is 12.8 Å². The third-order valence-corrected chi connectivity index (χ3v) is 2.69. The zero-order valence-electron chi connectivity index (χ0n) is 10.5. The fourth-order valence-electron chi connectivity index (χ4n) is 1.62. The molecule has 0 radical (unpaired) electrons. The molecule has 7 heteroatoms. The van der Waals surface area contributed by atoms with Gasteiger partial charge in [-0.15, -0.1) is 0 Å². The van der Waals surface area contributed by atoms with E-state index in [2.05, 4.69) is 25.7 Å². The van der Waals surface area contributed by atoms with Crippen LogP contribution in [0.3, 0.4) is 0 Å². The van der Waals surface area contributed by atoms with Gasteiger partial charge in [0.05, 0.1) is 17.6 Å². The second-order valence-electron chi connectivity index (χ2n) is 4.44. The summed E-state index contributed by atoms with van der Waals surface area (Å²) in [5.41, 5.74) is 8.10. The predicted octanol–water partition coefficient (Wildman–Crippen LogP) is 1.40. The molecular formula is C11H16N6O. The first-order chi connectivity index (χ1) is 8.50. The van der Waals surface area contributed by atoms with Crippen LogP contribution >= 0.6 is 0 Å². The second-order valence-corrected chi connectivity index (χ2v) is 4.44. The fraction of sp³-hybridized carbons (Fsp3) is 0.364. The van der Waals surface area contributed by atoms with Crippen molar-refractivity contribution in [1.82, 2.24) is 20.4 Å². The maximum absolute atomic E-state index is 12.0. The Hall–Kier alpha value is -2.31. The van der Waals surface area contributed by atoms with Gasteiger partial charge in [-0.2, -0.15) is 10.2 Å². The molecule has 0 fully saturated rings. The summed E-state index contributed by atoms with van der Waals surface area (Å²) in [6, 6.07) is 0. The number of carbonyl (C=O) groups is 1. The normalized spacial score (nSPS) is 10.9. The third kappa shape index (κ3) is 2.06. The van der Waals surface area contributed by atoms with E-state index >= 15 is 0 Å². The molecule has 0 atom stereocenters. The second kappa shape index (κ2) is 4.52. The fourth-order valence-corrected chi connectivity index (χ4v) is 1.62. The average molecular weight is 248 g/mol. The van der Waals surface area contributed by atoms with Crippen molar-refractivity contribution in [3.8, 4) is 0 Å². The maximum atomic E-state index is 12.0. The first-order valence-electron chi connectivity index (χ1n) is 5.65. The van der Waals surface area contributed by atoms with Gasteiger partial charge in [0.25, 0.3) is 5.91 Å². The monoisotopic (exact) mass is 248 g/mol. The molecule has 0 unspecified atom stereocenters. The van der Waals surface area contributed by atoms with E-state index in [4.69, 9.17) is 5.73 Å². The molecule has 2 aromatic heterocycles. The Morgan fingerprint density at radius 2 is 2.17 bits per heavy atom. The van der Waals surface area contributed by atoms with E-state index in [0.717, 1.165) is 11.3 Å². The van der Waals surface area contributed by atoms with Crippen LogP contribution in [0.4, 0.5) is 11.5 Å². The van der Waals surface area contributed by atoms with E-state index in [1.165, 1.54) is 0 Å². The van der Waals surface area contributed by atoms with Gasteiger partial charge in [-0.25, -0.2) is 0 Å². The molecule has 2 heterocycles. The van der Waals surface area contributed by atoms with Crippen LogP contribution in [0.2, 0.25) is 0 Å². The van der Waals surface area contributed by atoms with Crippen LogP contribution in [0.15, 0.2) is 6.20 Å². The molecule has 5 N–H and O–H groups in total. The van der Waals surface area contributed by atoms with Crippen LogP contribution in [0.5, 0.6) is 0 Å². The number of carbonyl (C=O) groups excluding carboxylic acids is 1. The number of hydrogen-bond donors (Lipinski definition) is 4. The molecule has 0 saturated heterocycles. The van der Waals surface area contributed by atoms with Crippen molar-refractivity contribution in [2.24, 2.45) is 0 Å². The summed E-state index contributed by atoms with van der Waals surface area (Å²) in [6.07, 6.45) is 1.63. The first kappa shape index (κ1) is 12.2. The Morgan fingerprint density at radius 3 is 2.67 bits per heavy atom. The zero-order valence-corrected chi connectivity index (χ0v) is 10.5. The molecule has 0 aliphatic rings. The van der Waals surface area contributed by atoms with Crippen molar-refractivity contribution in [2.45, 2.75) is 26.7 Å². The van der Waals surface area contributed by atoms with E-state index in [9.17, 15) is 4.79 Å². The van der Waals surface area contributed by atoms with E-state index in [1.807, 2.05) is 20.8 Å². The van der Waals surface area contributed by atoms with E-state index in [1.54, 1.807) is 6.20 Å². The number of hydrogen-bond acceptors (Lipinski definition) is 4. The molecule has 7 nitrogen and oxygen atoms in total. The predicted molar refractivity (Wildman–Crippen MR) is 68.4 cm³/mol. The molecule has 0 saturated carbocycles. The smallest absolute Gasteiger partial charge is 0.279 e. The minimum absolute atomic E-state index is 0.188. The van der Waals surface area contributed by atoms with Crippen molar-refractivity contribution in [2.75, 3.05) is 11.1 Å². The molecule has 96 valence electrons. The van der Waals surface area contributed by atoms with Crippen LogP contribution in [0, 0.1) is 6.92 Å². The Morgan fingerprint density at radius 1 is 1.44 bits per heavy atom. The van der Waals surface area contributed by atoms with Crippen LogP contribution < -0.4 is 11.1 Å². The van der Waals surface area contributed by atoms with Gasteiger partial charge in [-0.3, -0.25) is 15.0 Å². The van der Waals surface area contributed by atoms with Gasteiger partial charge in [0, 0.05) is 5.56 Å². The lowest BCUT2D eigenvalue weighted by molar-refractivity contribution is 0.102. The Bertz CT molecular complexity index is 568. The lowest BCUT2D eigenvalue weighted by atomic mass is 10.1. The molecule has 2 rings (SSSR count). The number of aromatic amines is 2. The van der Waals surface area contributed by atoms with Crippen LogP contribution in [0.1, 0.15) is 41.5 Å². The summed E-state index contributed by atoms with van der Waals surface area (Å²) in [4.78, 5) is 12.0. The largest absolute Gasteiger partial charge is 0.395 e. The lowest BCUT2D eigenvalue weighted by Crippen LogP contribution is -2.15. The molecule has 0 aliphatic carbocycles. The first-order valence-corrected chi connectivity index (χ1v) is 5.65. The summed E-state index contributed by atoms with van der Waals surface area (Å²) in [5, 5.41) is 15.9. The highest BCUT2D eigenvalue weighted by Crippen LogP contribution is 2.22. The minimum atomic E-state index is -0.358. The molecule has 18 heavy (non-hydrogen) atoms. The van der Waals surface area contributed by atoms with Crippen molar-refractivity contribution >= 4 is 17.4 Å². The van der Waals surface area contributed by atoms with Gasteiger partial charge in [0.1, 0.15) is 5.82 Å². The number of aromatic nitrogens is 4. The topological polar surface area (TPSA) is 112 Å². The molecule has 0 aromatic carbocycles. The number of amides is 1. The van der Waals surface area contributed by atoms with Gasteiger partial charge in [-0.1, -0.05) is 13.8 Å². The van der Waals surface area contributed by atoms with Crippen molar-refractivity contribution in [3.05, 3.63) is 23.1 Å². The highest BCUT2D eigenvalue weighted by Gasteiger charge is 2.19. The molecule has 2 aromatic rings. The van der Waals surface area contributed by atoms with E-state index in [0.29, 0.717) is 11.5 Å². The maximum Gasteiger partial charge on any atom is 0.279 e. The SMILES string of the molecule is Cc1cn[nH]c1NC(=O)c1n[nH]c(C(C)C)c1N.